The summed E-state index contributed by atoms with van der Waals surface area (Å²) in [5, 5.41) is 3.69. The van der Waals surface area contributed by atoms with E-state index in [4.69, 9.17) is 9.57 Å². The number of halogens is 1. The average Bonchev–Trinajstić information content (AvgIpc) is 2.29. The summed E-state index contributed by atoms with van der Waals surface area (Å²) in [6.45, 7) is 3.94. The molecule has 0 radical (unpaired) electrons. The van der Waals surface area contributed by atoms with Crippen molar-refractivity contribution >= 4 is 27.6 Å². The van der Waals surface area contributed by atoms with Crippen LogP contribution < -0.4 is 0 Å². The highest BCUT2D eigenvalue weighted by atomic mass is 79.9. The molecule has 0 aliphatic heterocycles. The SMILES string of the molecule is CCOC(=O)C(C)=NOCc1cccc(Br)c1. The van der Waals surface area contributed by atoms with Crippen LogP contribution in [0.15, 0.2) is 33.9 Å². The highest BCUT2D eigenvalue weighted by molar-refractivity contribution is 9.10. The summed E-state index contributed by atoms with van der Waals surface area (Å²) in [5.74, 6) is -0.457. The molecule has 0 heterocycles. The van der Waals surface area contributed by atoms with Crippen LogP contribution >= 0.6 is 15.9 Å². The molecule has 1 rings (SSSR count). The second-order valence-corrected chi connectivity index (χ2v) is 4.22. The molecule has 0 amide bonds. The zero-order chi connectivity index (χ0) is 12.7. The molecule has 0 saturated carbocycles. The maximum atomic E-state index is 11.2. The van der Waals surface area contributed by atoms with Gasteiger partial charge in [0.15, 0.2) is 5.71 Å². The van der Waals surface area contributed by atoms with Gasteiger partial charge in [-0.15, -0.1) is 0 Å². The third-order valence-electron chi connectivity index (χ3n) is 1.89. The minimum Gasteiger partial charge on any atom is -0.461 e. The Morgan fingerprint density at radius 1 is 1.47 bits per heavy atom. The summed E-state index contributed by atoms with van der Waals surface area (Å²) >= 11 is 3.36. The molecule has 5 heteroatoms. The lowest BCUT2D eigenvalue weighted by Gasteiger charge is -2.02. The predicted octanol–water partition coefficient (Wildman–Crippen LogP) is 2.90. The first-order valence-corrected chi connectivity index (χ1v) is 6.01. The Balaban J connectivity index is 2.46. The van der Waals surface area contributed by atoms with Crippen molar-refractivity contribution in [2.45, 2.75) is 20.5 Å². The summed E-state index contributed by atoms with van der Waals surface area (Å²) in [7, 11) is 0. The maximum Gasteiger partial charge on any atom is 0.355 e. The Hall–Kier alpha value is -1.36. The number of hydrogen-bond donors (Lipinski definition) is 0. The molecule has 4 nitrogen and oxygen atoms in total. The van der Waals surface area contributed by atoms with Gasteiger partial charge in [-0.25, -0.2) is 4.79 Å². The van der Waals surface area contributed by atoms with Crippen LogP contribution in [-0.4, -0.2) is 18.3 Å². The first-order valence-electron chi connectivity index (χ1n) is 5.21. The molecule has 0 unspecified atom stereocenters. The van der Waals surface area contributed by atoms with Gasteiger partial charge in [0.25, 0.3) is 0 Å². The van der Waals surface area contributed by atoms with Crippen molar-refractivity contribution in [3.63, 3.8) is 0 Å². The predicted molar refractivity (Wildman–Crippen MR) is 68.7 cm³/mol. The molecule has 0 aromatic heterocycles. The number of hydrogen-bond acceptors (Lipinski definition) is 4. The molecule has 0 atom stereocenters. The third-order valence-corrected chi connectivity index (χ3v) is 2.39. The van der Waals surface area contributed by atoms with Gasteiger partial charge in [0.1, 0.15) is 6.61 Å². The number of carbonyl (C=O) groups excluding carboxylic acids is 1. The number of nitrogens with zero attached hydrogens (tertiary/aromatic N) is 1. The number of rotatable bonds is 5. The second-order valence-electron chi connectivity index (χ2n) is 3.30. The smallest absolute Gasteiger partial charge is 0.355 e. The van der Waals surface area contributed by atoms with E-state index in [1.807, 2.05) is 24.3 Å². The third kappa shape index (κ3) is 4.99. The van der Waals surface area contributed by atoms with Gasteiger partial charge in [-0.05, 0) is 31.5 Å². The van der Waals surface area contributed by atoms with Crippen molar-refractivity contribution in [2.24, 2.45) is 5.16 Å². The molecule has 92 valence electrons. The van der Waals surface area contributed by atoms with Gasteiger partial charge in [0.2, 0.25) is 0 Å². The molecular weight excluding hydrogens is 286 g/mol. The fraction of sp³-hybridized carbons (Fsp3) is 0.333. The molecule has 1 aromatic carbocycles. The maximum absolute atomic E-state index is 11.2. The Kier molecular flexibility index (Phi) is 5.69. The van der Waals surface area contributed by atoms with Gasteiger partial charge in [0.05, 0.1) is 6.61 Å². The minimum absolute atomic E-state index is 0.210. The lowest BCUT2D eigenvalue weighted by molar-refractivity contribution is -0.135. The number of oxime groups is 1. The van der Waals surface area contributed by atoms with E-state index in [-0.39, 0.29) is 5.71 Å². The van der Waals surface area contributed by atoms with E-state index in [1.165, 1.54) is 0 Å². The highest BCUT2D eigenvalue weighted by Crippen LogP contribution is 2.12. The van der Waals surface area contributed by atoms with Crippen LogP contribution in [0, 0.1) is 0 Å². The summed E-state index contributed by atoms with van der Waals surface area (Å²) in [6.07, 6.45) is 0. The molecule has 0 spiro atoms. The zero-order valence-corrected chi connectivity index (χ0v) is 11.4. The lowest BCUT2D eigenvalue weighted by Crippen LogP contribution is -2.14. The molecule has 0 fully saturated rings. The minimum atomic E-state index is -0.457. The van der Waals surface area contributed by atoms with Gasteiger partial charge < -0.3 is 9.57 Å². The normalized spacial score (nSPS) is 11.1. The standard InChI is InChI=1S/C12H14BrNO3/c1-3-16-12(15)9(2)14-17-8-10-5-4-6-11(13)7-10/h4-7H,3,8H2,1-2H3. The van der Waals surface area contributed by atoms with E-state index in [9.17, 15) is 4.79 Å². The lowest BCUT2D eigenvalue weighted by atomic mass is 10.2. The van der Waals surface area contributed by atoms with Gasteiger partial charge in [0, 0.05) is 4.47 Å². The van der Waals surface area contributed by atoms with Crippen molar-refractivity contribution < 1.29 is 14.4 Å². The molecular formula is C12H14BrNO3. The largest absolute Gasteiger partial charge is 0.461 e. The second kappa shape index (κ2) is 7.06. The Morgan fingerprint density at radius 3 is 2.88 bits per heavy atom. The van der Waals surface area contributed by atoms with Crippen molar-refractivity contribution in [3.8, 4) is 0 Å². The van der Waals surface area contributed by atoms with E-state index in [2.05, 4.69) is 21.1 Å². The molecule has 17 heavy (non-hydrogen) atoms. The van der Waals surface area contributed by atoms with Crippen molar-refractivity contribution in [1.29, 1.82) is 0 Å². The quantitative estimate of drug-likeness (QED) is 0.477. The summed E-state index contributed by atoms with van der Waals surface area (Å²) < 4.78 is 5.74. The van der Waals surface area contributed by atoms with Crippen LogP contribution in [0.4, 0.5) is 0 Å². The Morgan fingerprint density at radius 2 is 2.24 bits per heavy atom. The van der Waals surface area contributed by atoms with E-state index < -0.39 is 5.97 Å². The summed E-state index contributed by atoms with van der Waals surface area (Å²) in [4.78, 5) is 16.3. The molecule has 1 aromatic rings. The van der Waals surface area contributed by atoms with Crippen molar-refractivity contribution in [3.05, 3.63) is 34.3 Å². The zero-order valence-electron chi connectivity index (χ0n) is 9.77. The fourth-order valence-electron chi connectivity index (χ4n) is 1.10. The molecule has 0 saturated heterocycles. The molecule has 0 aliphatic carbocycles. The number of carbonyl (C=O) groups is 1. The summed E-state index contributed by atoms with van der Waals surface area (Å²) in [6, 6.07) is 7.68. The van der Waals surface area contributed by atoms with Crippen LogP contribution in [0.2, 0.25) is 0 Å². The topological polar surface area (TPSA) is 47.9 Å². The monoisotopic (exact) mass is 299 g/mol. The molecule has 0 bridgehead atoms. The Labute approximate surface area is 109 Å². The van der Waals surface area contributed by atoms with Crippen LogP contribution in [-0.2, 0) is 21.0 Å². The summed E-state index contributed by atoms with van der Waals surface area (Å²) in [5.41, 5.74) is 1.18. The fourth-order valence-corrected chi connectivity index (χ4v) is 1.55. The molecule has 0 N–H and O–H groups in total. The average molecular weight is 300 g/mol. The van der Waals surface area contributed by atoms with Crippen molar-refractivity contribution in [1.82, 2.24) is 0 Å². The van der Waals surface area contributed by atoms with Gasteiger partial charge in [-0.3, -0.25) is 0 Å². The van der Waals surface area contributed by atoms with Crippen molar-refractivity contribution in [2.75, 3.05) is 6.61 Å². The number of ether oxygens (including phenoxy) is 1. The van der Waals surface area contributed by atoms with E-state index in [0.717, 1.165) is 10.0 Å². The first kappa shape index (κ1) is 13.7. The highest BCUT2D eigenvalue weighted by Gasteiger charge is 2.06. The first-order chi connectivity index (χ1) is 8.13. The number of esters is 1. The van der Waals surface area contributed by atoms with Crippen LogP contribution in [0.25, 0.3) is 0 Å². The Bertz CT molecular complexity index is 418. The van der Waals surface area contributed by atoms with Gasteiger partial charge in [-0.2, -0.15) is 0 Å². The van der Waals surface area contributed by atoms with E-state index >= 15 is 0 Å². The van der Waals surface area contributed by atoms with Crippen LogP contribution in [0.5, 0.6) is 0 Å². The van der Waals surface area contributed by atoms with Gasteiger partial charge in [-0.1, -0.05) is 33.2 Å². The molecule has 0 aliphatic rings. The van der Waals surface area contributed by atoms with Crippen LogP contribution in [0.1, 0.15) is 19.4 Å². The van der Waals surface area contributed by atoms with Crippen LogP contribution in [0.3, 0.4) is 0 Å². The van der Waals surface area contributed by atoms with Gasteiger partial charge >= 0.3 is 5.97 Å². The van der Waals surface area contributed by atoms with E-state index in [1.54, 1.807) is 13.8 Å². The van der Waals surface area contributed by atoms with E-state index in [0.29, 0.717) is 13.2 Å². The number of benzene rings is 1.